The predicted octanol–water partition coefficient (Wildman–Crippen LogP) is 0.654. The maximum Gasteiger partial charge on any atom is 0.274 e. The molecule has 8 heteroatoms. The fraction of sp³-hybridized carbons (Fsp3) is 0.250. The number of rotatable bonds is 6. The second kappa shape index (κ2) is 6.04. The van der Waals surface area contributed by atoms with Gasteiger partial charge in [-0.25, -0.2) is 18.1 Å². The molecule has 0 bridgehead atoms. The third-order valence-corrected chi connectivity index (χ3v) is 3.81. The van der Waals surface area contributed by atoms with E-state index in [1.54, 1.807) is 12.1 Å². The van der Waals surface area contributed by atoms with E-state index in [1.807, 2.05) is 0 Å². The molecule has 2 N–H and O–H groups in total. The monoisotopic (exact) mass is 298 g/mol. The zero-order valence-electron chi connectivity index (χ0n) is 10.7. The van der Waals surface area contributed by atoms with Crippen LogP contribution in [0.1, 0.15) is 11.3 Å². The summed E-state index contributed by atoms with van der Waals surface area (Å²) in [7, 11) is -2.27. The normalized spacial score (nSPS) is 11.5. The van der Waals surface area contributed by atoms with Gasteiger partial charge < -0.3 is 14.3 Å². The molecule has 2 aromatic heterocycles. The zero-order chi connectivity index (χ0) is 14.6. The quantitative estimate of drug-likeness (QED) is 0.812. The molecule has 20 heavy (non-hydrogen) atoms. The van der Waals surface area contributed by atoms with Crippen LogP contribution in [0.15, 0.2) is 40.0 Å². The van der Waals surface area contributed by atoms with Crippen molar-refractivity contribution in [2.45, 2.75) is 18.2 Å². The van der Waals surface area contributed by atoms with Crippen LogP contribution >= 0.6 is 0 Å². The number of nitrogens with zero attached hydrogens (tertiary/aromatic N) is 1. The highest BCUT2D eigenvalue weighted by Gasteiger charge is 2.18. The molecule has 7 nitrogen and oxygen atoms in total. The average Bonchev–Trinajstić information content (AvgIpc) is 2.95. The summed E-state index contributed by atoms with van der Waals surface area (Å²) in [4.78, 5) is 3.93. The number of aliphatic hydroxyl groups is 1. The van der Waals surface area contributed by atoms with Gasteiger partial charge in [0.05, 0.1) is 7.11 Å². The van der Waals surface area contributed by atoms with E-state index in [9.17, 15) is 8.42 Å². The molecule has 0 spiro atoms. The van der Waals surface area contributed by atoms with Gasteiger partial charge in [-0.15, -0.1) is 0 Å². The van der Waals surface area contributed by atoms with Crippen molar-refractivity contribution in [1.29, 1.82) is 0 Å². The second-order valence-corrected chi connectivity index (χ2v) is 5.61. The van der Waals surface area contributed by atoms with Crippen LogP contribution in [0, 0.1) is 0 Å². The van der Waals surface area contributed by atoms with Crippen molar-refractivity contribution in [2.24, 2.45) is 0 Å². The lowest BCUT2D eigenvalue weighted by Crippen LogP contribution is -2.22. The number of nitrogens with one attached hydrogen (secondary N) is 1. The standard InChI is InChI=1S/C12H14N2O5S/c1-18-11-6-9(4-5-13-11)7-14-20(16,17)12-3-2-10(8-15)19-12/h2-6,14-15H,7-8H2,1H3. The Bertz CT molecular complexity index is 681. The van der Waals surface area contributed by atoms with Crippen LogP contribution in [0.4, 0.5) is 0 Å². The molecule has 2 aromatic rings. The minimum Gasteiger partial charge on any atom is -0.481 e. The molecule has 0 saturated carbocycles. The Labute approximate surface area is 116 Å². The fourth-order valence-electron chi connectivity index (χ4n) is 1.51. The summed E-state index contributed by atoms with van der Waals surface area (Å²) >= 11 is 0. The Morgan fingerprint density at radius 2 is 2.20 bits per heavy atom. The smallest absolute Gasteiger partial charge is 0.274 e. The zero-order valence-corrected chi connectivity index (χ0v) is 11.6. The number of methoxy groups -OCH3 is 1. The lowest BCUT2D eigenvalue weighted by Gasteiger charge is -2.05. The lowest BCUT2D eigenvalue weighted by molar-refractivity contribution is 0.236. The summed E-state index contributed by atoms with van der Waals surface area (Å²) in [5.41, 5.74) is 0.703. The Morgan fingerprint density at radius 3 is 2.85 bits per heavy atom. The molecular formula is C12H14N2O5S. The first-order chi connectivity index (χ1) is 9.55. The van der Waals surface area contributed by atoms with Crippen LogP contribution in [-0.4, -0.2) is 25.6 Å². The molecule has 0 atom stereocenters. The first-order valence-corrected chi connectivity index (χ1v) is 7.21. The molecule has 0 aliphatic heterocycles. The van der Waals surface area contributed by atoms with Gasteiger partial charge in [0.25, 0.3) is 10.0 Å². The van der Waals surface area contributed by atoms with E-state index < -0.39 is 10.0 Å². The van der Waals surface area contributed by atoms with Crippen molar-refractivity contribution < 1.29 is 22.7 Å². The van der Waals surface area contributed by atoms with Gasteiger partial charge >= 0.3 is 0 Å². The molecule has 108 valence electrons. The van der Waals surface area contributed by atoms with Gasteiger partial charge in [-0.1, -0.05) is 0 Å². The largest absolute Gasteiger partial charge is 0.481 e. The summed E-state index contributed by atoms with van der Waals surface area (Å²) in [6.45, 7) is -0.270. The summed E-state index contributed by atoms with van der Waals surface area (Å²) in [5, 5.41) is 8.62. The van der Waals surface area contributed by atoms with E-state index in [2.05, 4.69) is 9.71 Å². The molecule has 0 fully saturated rings. The number of sulfonamides is 1. The van der Waals surface area contributed by atoms with Crippen molar-refractivity contribution in [2.75, 3.05) is 7.11 Å². The third-order valence-electron chi connectivity index (χ3n) is 2.53. The minimum absolute atomic E-state index is 0.0797. The number of aromatic nitrogens is 1. The Hall–Kier alpha value is -1.90. The molecule has 0 radical (unpaired) electrons. The molecule has 2 rings (SSSR count). The summed E-state index contributed by atoms with van der Waals surface area (Å²) < 4.78 is 36.3. The van der Waals surface area contributed by atoms with Crippen molar-refractivity contribution in [3.05, 3.63) is 41.8 Å². The number of ether oxygens (including phenoxy) is 1. The topological polar surface area (TPSA) is 102 Å². The highest BCUT2D eigenvalue weighted by atomic mass is 32.2. The molecule has 0 unspecified atom stereocenters. The van der Waals surface area contributed by atoms with Crippen LogP contribution in [0.25, 0.3) is 0 Å². The maximum absolute atomic E-state index is 12.0. The Balaban J connectivity index is 2.08. The molecule has 0 aromatic carbocycles. The van der Waals surface area contributed by atoms with E-state index in [-0.39, 0.29) is 24.0 Å². The van der Waals surface area contributed by atoms with Crippen LogP contribution < -0.4 is 9.46 Å². The fourth-order valence-corrected chi connectivity index (χ4v) is 2.47. The third kappa shape index (κ3) is 3.35. The molecule has 0 aliphatic rings. The SMILES string of the molecule is COc1cc(CNS(=O)(=O)c2ccc(CO)o2)ccn1. The van der Waals surface area contributed by atoms with Crippen LogP contribution in [0.3, 0.4) is 0 Å². The van der Waals surface area contributed by atoms with Gasteiger partial charge in [-0.2, -0.15) is 0 Å². The van der Waals surface area contributed by atoms with E-state index >= 15 is 0 Å². The second-order valence-electron chi connectivity index (χ2n) is 3.91. The van der Waals surface area contributed by atoms with Crippen LogP contribution in [-0.2, 0) is 23.2 Å². The van der Waals surface area contributed by atoms with Gasteiger partial charge in [0, 0.05) is 18.8 Å². The molecule has 2 heterocycles. The first-order valence-electron chi connectivity index (χ1n) is 5.73. The Morgan fingerprint density at radius 1 is 1.40 bits per heavy atom. The van der Waals surface area contributed by atoms with Gasteiger partial charge in [0.2, 0.25) is 11.0 Å². The summed E-state index contributed by atoms with van der Waals surface area (Å²) in [5.74, 6) is 0.596. The molecule has 0 aliphatic carbocycles. The van der Waals surface area contributed by atoms with E-state index in [0.717, 1.165) is 0 Å². The van der Waals surface area contributed by atoms with Crippen molar-refractivity contribution in [3.63, 3.8) is 0 Å². The van der Waals surface area contributed by atoms with Crippen LogP contribution in [0.2, 0.25) is 0 Å². The van der Waals surface area contributed by atoms with E-state index in [1.165, 1.54) is 25.4 Å². The summed E-state index contributed by atoms with van der Waals surface area (Å²) in [6, 6.07) is 6.00. The number of hydrogen-bond acceptors (Lipinski definition) is 6. The van der Waals surface area contributed by atoms with Gasteiger partial charge in [0.15, 0.2) is 0 Å². The highest BCUT2D eigenvalue weighted by Crippen LogP contribution is 2.15. The molecule has 0 amide bonds. The molecular weight excluding hydrogens is 284 g/mol. The number of hydrogen-bond donors (Lipinski definition) is 2. The van der Waals surface area contributed by atoms with Crippen molar-refractivity contribution in [3.8, 4) is 5.88 Å². The van der Waals surface area contributed by atoms with Crippen LogP contribution in [0.5, 0.6) is 5.88 Å². The minimum atomic E-state index is -3.76. The highest BCUT2D eigenvalue weighted by molar-refractivity contribution is 7.89. The van der Waals surface area contributed by atoms with E-state index in [4.69, 9.17) is 14.3 Å². The first kappa shape index (κ1) is 14.5. The van der Waals surface area contributed by atoms with Crippen molar-refractivity contribution >= 4 is 10.0 Å². The van der Waals surface area contributed by atoms with Gasteiger partial charge in [0.1, 0.15) is 12.4 Å². The molecule has 0 saturated heterocycles. The lowest BCUT2D eigenvalue weighted by atomic mass is 10.3. The van der Waals surface area contributed by atoms with Gasteiger partial charge in [-0.05, 0) is 23.8 Å². The maximum atomic E-state index is 12.0. The number of pyridine rings is 1. The Kier molecular flexibility index (Phi) is 4.38. The summed E-state index contributed by atoms with van der Waals surface area (Å²) in [6.07, 6.45) is 1.53. The average molecular weight is 298 g/mol. The van der Waals surface area contributed by atoms with Crippen molar-refractivity contribution in [1.82, 2.24) is 9.71 Å². The number of furan rings is 1. The van der Waals surface area contributed by atoms with Gasteiger partial charge in [-0.3, -0.25) is 0 Å². The predicted molar refractivity (Wildman–Crippen MR) is 69.4 cm³/mol. The van der Waals surface area contributed by atoms with E-state index in [0.29, 0.717) is 11.4 Å². The number of aliphatic hydroxyl groups excluding tert-OH is 1.